The standard InChI is InChI=1S/C59H38N8/c1-4-18-39(19-5-1)53-55(65-34-14-12-30-51(65)60-53)41-22-16-24-43(36-41)57-62-58(44-25-17-23-42(37-44)56-54(40-20-6-2-7-21-40)61-52-31-13-15-35-66(52)56)64-59(63-57)45-32-33-48-47-28-10-11-29-49(47)67(50(48)38-45)46-26-8-3-9-27-46/h1-38H. The van der Waals surface area contributed by atoms with Crippen molar-refractivity contribution in [2.24, 2.45) is 0 Å². The van der Waals surface area contributed by atoms with Crippen molar-refractivity contribution in [2.75, 3.05) is 0 Å². The van der Waals surface area contributed by atoms with E-state index in [2.05, 4.69) is 196 Å². The van der Waals surface area contributed by atoms with Gasteiger partial charge in [0.2, 0.25) is 0 Å². The molecular weight excluding hydrogens is 821 g/mol. The predicted octanol–water partition coefficient (Wildman–Crippen LogP) is 13.9. The SMILES string of the molecule is c1ccc(-c2nc3ccccn3c2-c2cccc(-c3nc(-c4cccc(-c5c(-c6ccccc6)nc6ccccn56)c4)nc(-c4ccc5c6ccccc6n(-c6ccccc6)c5c4)n3)c2)cc1. The Morgan fingerprint density at radius 3 is 1.27 bits per heavy atom. The molecule has 0 bridgehead atoms. The van der Waals surface area contributed by atoms with E-state index in [1.54, 1.807) is 0 Å². The van der Waals surface area contributed by atoms with Crippen LogP contribution in [-0.2, 0) is 0 Å². The van der Waals surface area contributed by atoms with E-state index in [-0.39, 0.29) is 0 Å². The van der Waals surface area contributed by atoms with Crippen molar-refractivity contribution in [3.05, 3.63) is 231 Å². The molecule has 0 spiro atoms. The number of hydrogen-bond donors (Lipinski definition) is 0. The van der Waals surface area contributed by atoms with Gasteiger partial charge < -0.3 is 4.57 Å². The molecule has 6 aromatic heterocycles. The van der Waals surface area contributed by atoms with E-state index in [0.717, 1.165) is 95.1 Å². The largest absolute Gasteiger partial charge is 0.309 e. The van der Waals surface area contributed by atoms with Crippen LogP contribution in [0.15, 0.2) is 231 Å². The van der Waals surface area contributed by atoms with Crippen LogP contribution in [0.4, 0.5) is 0 Å². The lowest BCUT2D eigenvalue weighted by atomic mass is 10.0. The number of pyridine rings is 2. The Hall–Kier alpha value is -9.27. The van der Waals surface area contributed by atoms with Crippen LogP contribution < -0.4 is 0 Å². The molecule has 0 fully saturated rings. The number of fused-ring (bicyclic) bond motifs is 5. The summed E-state index contributed by atoms with van der Waals surface area (Å²) in [5, 5.41) is 2.34. The molecule has 314 valence electrons. The summed E-state index contributed by atoms with van der Waals surface area (Å²) in [5.74, 6) is 1.69. The highest BCUT2D eigenvalue weighted by Crippen LogP contribution is 2.39. The smallest absolute Gasteiger partial charge is 0.164 e. The van der Waals surface area contributed by atoms with Gasteiger partial charge in [-0.25, -0.2) is 24.9 Å². The van der Waals surface area contributed by atoms with Gasteiger partial charge in [-0.2, -0.15) is 0 Å². The molecule has 13 rings (SSSR count). The van der Waals surface area contributed by atoms with Crippen LogP contribution in [0.1, 0.15) is 0 Å². The summed E-state index contributed by atoms with van der Waals surface area (Å²) in [6.07, 6.45) is 4.14. The quantitative estimate of drug-likeness (QED) is 0.152. The van der Waals surface area contributed by atoms with Crippen molar-refractivity contribution in [1.82, 2.24) is 38.3 Å². The van der Waals surface area contributed by atoms with E-state index in [9.17, 15) is 0 Å². The topological polar surface area (TPSA) is 78.2 Å². The van der Waals surface area contributed by atoms with Gasteiger partial charge in [0.1, 0.15) is 11.3 Å². The molecule has 8 heteroatoms. The molecule has 0 aliphatic heterocycles. The predicted molar refractivity (Wildman–Crippen MR) is 270 cm³/mol. The minimum Gasteiger partial charge on any atom is -0.309 e. The Morgan fingerprint density at radius 1 is 0.284 bits per heavy atom. The number of aromatic nitrogens is 8. The van der Waals surface area contributed by atoms with Crippen LogP contribution in [0, 0.1) is 0 Å². The lowest BCUT2D eigenvalue weighted by molar-refractivity contribution is 1.07. The second-order valence-corrected chi connectivity index (χ2v) is 16.6. The zero-order valence-corrected chi connectivity index (χ0v) is 36.0. The first kappa shape index (κ1) is 38.2. The first-order valence-electron chi connectivity index (χ1n) is 22.3. The van der Waals surface area contributed by atoms with Gasteiger partial charge in [0.05, 0.1) is 33.8 Å². The Balaban J connectivity index is 1.02. The zero-order valence-electron chi connectivity index (χ0n) is 36.0. The van der Waals surface area contributed by atoms with Crippen LogP contribution in [0.2, 0.25) is 0 Å². The van der Waals surface area contributed by atoms with Crippen LogP contribution in [-0.4, -0.2) is 38.3 Å². The summed E-state index contributed by atoms with van der Waals surface area (Å²) in [7, 11) is 0. The molecule has 13 aromatic rings. The average molecular weight is 859 g/mol. The molecule has 6 heterocycles. The van der Waals surface area contributed by atoms with Gasteiger partial charge in [-0.3, -0.25) is 8.80 Å². The Morgan fingerprint density at radius 2 is 0.716 bits per heavy atom. The molecule has 0 aliphatic carbocycles. The molecule has 7 aromatic carbocycles. The van der Waals surface area contributed by atoms with Gasteiger partial charge >= 0.3 is 0 Å². The van der Waals surface area contributed by atoms with Crippen LogP contribution in [0.3, 0.4) is 0 Å². The molecule has 8 nitrogen and oxygen atoms in total. The molecule has 0 N–H and O–H groups in total. The Bertz CT molecular complexity index is 3800. The molecule has 0 atom stereocenters. The summed E-state index contributed by atoms with van der Waals surface area (Å²) in [5.41, 5.74) is 15.5. The highest BCUT2D eigenvalue weighted by atomic mass is 15.0. The number of para-hydroxylation sites is 2. The zero-order chi connectivity index (χ0) is 44.3. The van der Waals surface area contributed by atoms with Crippen molar-refractivity contribution in [2.45, 2.75) is 0 Å². The van der Waals surface area contributed by atoms with Crippen LogP contribution >= 0.6 is 0 Å². The fraction of sp³-hybridized carbons (Fsp3) is 0. The first-order valence-corrected chi connectivity index (χ1v) is 22.3. The minimum absolute atomic E-state index is 0.561. The average Bonchev–Trinajstić information content (AvgIpc) is 4.10. The van der Waals surface area contributed by atoms with E-state index < -0.39 is 0 Å². The van der Waals surface area contributed by atoms with E-state index in [4.69, 9.17) is 24.9 Å². The summed E-state index contributed by atoms with van der Waals surface area (Å²) < 4.78 is 6.63. The lowest BCUT2D eigenvalue weighted by Crippen LogP contribution is -2.01. The molecular formula is C59H38N8. The number of rotatable bonds is 8. The second-order valence-electron chi connectivity index (χ2n) is 16.6. The molecule has 0 saturated heterocycles. The van der Waals surface area contributed by atoms with Crippen molar-refractivity contribution >= 4 is 33.1 Å². The Labute approximate surface area is 385 Å². The lowest BCUT2D eigenvalue weighted by Gasteiger charge is -2.12. The van der Waals surface area contributed by atoms with E-state index in [0.29, 0.717) is 17.5 Å². The van der Waals surface area contributed by atoms with Crippen LogP contribution in [0.5, 0.6) is 0 Å². The normalized spacial score (nSPS) is 11.6. The Kier molecular flexibility index (Phi) is 8.99. The van der Waals surface area contributed by atoms with Gasteiger partial charge in [-0.05, 0) is 60.7 Å². The second kappa shape index (κ2) is 15.8. The maximum atomic E-state index is 5.33. The number of hydrogen-bond acceptors (Lipinski definition) is 5. The number of nitrogens with zero attached hydrogens (tertiary/aromatic N) is 8. The maximum absolute atomic E-state index is 5.33. The summed E-state index contributed by atoms with van der Waals surface area (Å²) >= 11 is 0. The summed E-state index contributed by atoms with van der Waals surface area (Å²) in [6.45, 7) is 0. The number of imidazole rings is 2. The third-order valence-electron chi connectivity index (χ3n) is 12.5. The van der Waals surface area contributed by atoms with Gasteiger partial charge in [-0.1, -0.05) is 158 Å². The molecule has 0 saturated carbocycles. The third-order valence-corrected chi connectivity index (χ3v) is 12.5. The van der Waals surface area contributed by atoms with Gasteiger partial charge in [0, 0.05) is 67.8 Å². The van der Waals surface area contributed by atoms with Gasteiger partial charge in [0.15, 0.2) is 17.5 Å². The van der Waals surface area contributed by atoms with Crippen LogP contribution in [0.25, 0.3) is 118 Å². The fourth-order valence-electron chi connectivity index (χ4n) is 9.48. The van der Waals surface area contributed by atoms with E-state index in [1.807, 2.05) is 48.5 Å². The highest BCUT2D eigenvalue weighted by Gasteiger charge is 2.21. The minimum atomic E-state index is 0.561. The maximum Gasteiger partial charge on any atom is 0.164 e. The monoisotopic (exact) mass is 858 g/mol. The van der Waals surface area contributed by atoms with Crippen molar-refractivity contribution in [1.29, 1.82) is 0 Å². The molecule has 0 unspecified atom stereocenters. The van der Waals surface area contributed by atoms with E-state index >= 15 is 0 Å². The summed E-state index contributed by atoms with van der Waals surface area (Å²) in [4.78, 5) is 26.2. The van der Waals surface area contributed by atoms with Crippen molar-refractivity contribution in [3.8, 4) is 84.9 Å². The molecule has 67 heavy (non-hydrogen) atoms. The molecule has 0 radical (unpaired) electrons. The highest BCUT2D eigenvalue weighted by molar-refractivity contribution is 6.10. The van der Waals surface area contributed by atoms with Gasteiger partial charge in [-0.15, -0.1) is 0 Å². The van der Waals surface area contributed by atoms with E-state index in [1.165, 1.54) is 5.39 Å². The fourth-order valence-corrected chi connectivity index (χ4v) is 9.48. The van der Waals surface area contributed by atoms with Crippen molar-refractivity contribution < 1.29 is 0 Å². The molecule has 0 aliphatic rings. The number of benzene rings is 7. The summed E-state index contributed by atoms with van der Waals surface area (Å²) in [6, 6.07) is 75.5. The molecule has 0 amide bonds. The first-order chi connectivity index (χ1) is 33.2. The van der Waals surface area contributed by atoms with Crippen molar-refractivity contribution in [3.63, 3.8) is 0 Å². The van der Waals surface area contributed by atoms with Gasteiger partial charge in [0.25, 0.3) is 0 Å². The third kappa shape index (κ3) is 6.58.